The molecule has 0 spiro atoms. The molecule has 3 aromatic rings. The fourth-order valence-corrected chi connectivity index (χ4v) is 3.60. The molecule has 0 saturated heterocycles. The quantitative estimate of drug-likeness (QED) is 0.465. The molecule has 0 fully saturated rings. The van der Waals surface area contributed by atoms with E-state index in [1.807, 2.05) is 30.3 Å². The maximum absolute atomic E-state index is 13.1. The maximum atomic E-state index is 13.1. The van der Waals surface area contributed by atoms with E-state index in [-0.39, 0.29) is 39.1 Å². The van der Waals surface area contributed by atoms with Crippen molar-refractivity contribution >= 4 is 29.0 Å². The van der Waals surface area contributed by atoms with Crippen molar-refractivity contribution in [2.45, 2.75) is 12.8 Å². The Morgan fingerprint density at radius 1 is 1.00 bits per heavy atom. The Balaban J connectivity index is 1.92. The van der Waals surface area contributed by atoms with Gasteiger partial charge in [0.05, 0.1) is 31.4 Å². The van der Waals surface area contributed by atoms with Crippen LogP contribution in [0.15, 0.2) is 53.5 Å². The maximum Gasteiger partial charge on any atom is 0.267 e. The lowest BCUT2D eigenvalue weighted by Gasteiger charge is -2.17. The number of hydrogen-bond acceptors (Lipinski definition) is 5. The van der Waals surface area contributed by atoms with Gasteiger partial charge in [-0.2, -0.15) is 0 Å². The van der Waals surface area contributed by atoms with Gasteiger partial charge in [0, 0.05) is 24.6 Å². The number of Topliss-reactive ketones (excluding diaryl/α,β-unsaturated/α-hetero) is 1. The first kappa shape index (κ1) is 22.7. The molecular formula is C23H21Cl2NO5. The number of aromatic nitrogens is 1. The summed E-state index contributed by atoms with van der Waals surface area (Å²) in [7, 11) is 2.98. The number of pyridine rings is 1. The van der Waals surface area contributed by atoms with E-state index in [0.717, 1.165) is 5.56 Å². The van der Waals surface area contributed by atoms with Gasteiger partial charge < -0.3 is 19.2 Å². The summed E-state index contributed by atoms with van der Waals surface area (Å²) in [5.41, 5.74) is 1.11. The third kappa shape index (κ3) is 5.21. The average molecular weight is 462 g/mol. The summed E-state index contributed by atoms with van der Waals surface area (Å²) in [4.78, 5) is 27.4. The number of carbonyl (C=O) groups excluding carboxylic acids is 1. The summed E-state index contributed by atoms with van der Waals surface area (Å²) in [6, 6.07) is 13.0. The Morgan fingerprint density at radius 3 is 2.42 bits per heavy atom. The fourth-order valence-electron chi connectivity index (χ4n) is 3.12. The highest BCUT2D eigenvalue weighted by atomic mass is 35.5. The summed E-state index contributed by atoms with van der Waals surface area (Å²) in [6.07, 6.45) is 1.77. The summed E-state index contributed by atoms with van der Waals surface area (Å²) >= 11 is 12.2. The second kappa shape index (κ2) is 10.4. The number of carbonyl (C=O) groups is 1. The van der Waals surface area contributed by atoms with Crippen LogP contribution in [0.3, 0.4) is 0 Å². The van der Waals surface area contributed by atoms with Crippen LogP contribution in [0.25, 0.3) is 0 Å². The number of nitrogens with one attached hydrogen (secondary N) is 1. The minimum atomic E-state index is -0.513. The van der Waals surface area contributed by atoms with Gasteiger partial charge in [0.15, 0.2) is 17.3 Å². The summed E-state index contributed by atoms with van der Waals surface area (Å²) in [5, 5.41) is 0.0813. The molecule has 1 aromatic heterocycles. The zero-order chi connectivity index (χ0) is 22.4. The predicted octanol–water partition coefficient (Wildman–Crippen LogP) is 4.75. The molecule has 162 valence electrons. The lowest BCUT2D eigenvalue weighted by molar-refractivity contribution is 0.0988. The van der Waals surface area contributed by atoms with Gasteiger partial charge in [-0.15, -0.1) is 0 Å². The Morgan fingerprint density at radius 2 is 1.74 bits per heavy atom. The summed E-state index contributed by atoms with van der Waals surface area (Å²) in [6.45, 7) is 0.320. The summed E-state index contributed by atoms with van der Waals surface area (Å²) in [5.74, 6) is 0.676. The molecule has 1 N–H and O–H groups in total. The Bertz CT molecular complexity index is 1130. The lowest BCUT2D eigenvalue weighted by atomic mass is 10.0. The van der Waals surface area contributed by atoms with E-state index in [2.05, 4.69) is 4.98 Å². The van der Waals surface area contributed by atoms with Crippen molar-refractivity contribution in [1.82, 2.24) is 4.98 Å². The van der Waals surface area contributed by atoms with E-state index in [4.69, 9.17) is 37.4 Å². The second-order valence-electron chi connectivity index (χ2n) is 6.62. The number of ketones is 1. The topological polar surface area (TPSA) is 77.6 Å². The van der Waals surface area contributed by atoms with Crippen LogP contribution in [0.5, 0.6) is 17.2 Å². The van der Waals surface area contributed by atoms with Gasteiger partial charge in [-0.05, 0) is 17.7 Å². The van der Waals surface area contributed by atoms with Gasteiger partial charge in [0.2, 0.25) is 5.75 Å². The second-order valence-corrected chi connectivity index (χ2v) is 7.41. The number of H-pyrrole nitrogens is 1. The fraction of sp³-hybridized carbons (Fsp3) is 0.217. The van der Waals surface area contributed by atoms with Gasteiger partial charge in [0.25, 0.3) is 5.56 Å². The third-order valence-corrected chi connectivity index (χ3v) is 5.44. The molecule has 2 aromatic carbocycles. The summed E-state index contributed by atoms with van der Waals surface area (Å²) < 4.78 is 16.8. The van der Waals surface area contributed by atoms with Crippen molar-refractivity contribution in [2.75, 3.05) is 20.8 Å². The standard InChI is InChI=1S/C23H21Cl2NO5/c1-29-19-9-8-15(18(27)12-16-17(24)13-26-23(28)20(16)25)21(22(19)30-2)31-11-10-14-6-4-3-5-7-14/h3-9,13H,10-12H2,1-2H3,(H,26,28). The number of rotatable bonds is 9. The van der Waals surface area contributed by atoms with Crippen LogP contribution in [0, 0.1) is 0 Å². The lowest BCUT2D eigenvalue weighted by Crippen LogP contribution is -2.14. The monoisotopic (exact) mass is 461 g/mol. The van der Waals surface area contributed by atoms with Crippen LogP contribution in [-0.4, -0.2) is 31.6 Å². The highest BCUT2D eigenvalue weighted by molar-refractivity contribution is 6.36. The molecule has 0 aliphatic rings. The van der Waals surface area contributed by atoms with E-state index in [9.17, 15) is 9.59 Å². The van der Waals surface area contributed by atoms with Gasteiger partial charge in [-0.3, -0.25) is 9.59 Å². The van der Waals surface area contributed by atoms with Crippen LogP contribution < -0.4 is 19.8 Å². The number of aromatic amines is 1. The van der Waals surface area contributed by atoms with Crippen molar-refractivity contribution in [3.63, 3.8) is 0 Å². The number of ether oxygens (including phenoxy) is 3. The molecule has 0 aliphatic heterocycles. The predicted molar refractivity (Wildman–Crippen MR) is 120 cm³/mol. The van der Waals surface area contributed by atoms with E-state index in [1.54, 1.807) is 12.1 Å². The SMILES string of the molecule is COc1ccc(C(=O)Cc2c(Cl)c[nH]c(=O)c2Cl)c(OCCc2ccccc2)c1OC. The van der Waals surface area contributed by atoms with Gasteiger partial charge in [-0.25, -0.2) is 0 Å². The van der Waals surface area contributed by atoms with E-state index in [1.165, 1.54) is 20.4 Å². The van der Waals surface area contributed by atoms with Gasteiger partial charge in [0.1, 0.15) is 5.02 Å². The molecule has 1 heterocycles. The van der Waals surface area contributed by atoms with E-state index in [0.29, 0.717) is 24.5 Å². The number of halogens is 2. The first-order valence-corrected chi connectivity index (χ1v) is 10.2. The molecule has 0 radical (unpaired) electrons. The minimum absolute atomic E-state index is 0.118. The highest BCUT2D eigenvalue weighted by Crippen LogP contribution is 2.40. The first-order valence-electron chi connectivity index (χ1n) is 9.46. The third-order valence-electron chi connectivity index (χ3n) is 4.70. The van der Waals surface area contributed by atoms with Crippen LogP contribution in [0.1, 0.15) is 21.5 Å². The van der Waals surface area contributed by atoms with Gasteiger partial charge in [-0.1, -0.05) is 53.5 Å². The smallest absolute Gasteiger partial charge is 0.267 e. The zero-order valence-corrected chi connectivity index (χ0v) is 18.5. The first-order chi connectivity index (χ1) is 15.0. The average Bonchev–Trinajstić information content (AvgIpc) is 2.79. The van der Waals surface area contributed by atoms with Crippen LogP contribution in [0.4, 0.5) is 0 Å². The molecular weight excluding hydrogens is 441 g/mol. The van der Waals surface area contributed by atoms with Crippen molar-refractivity contribution in [3.8, 4) is 17.2 Å². The Hall–Kier alpha value is -2.96. The van der Waals surface area contributed by atoms with Crippen molar-refractivity contribution in [1.29, 1.82) is 0 Å². The number of benzene rings is 2. The van der Waals surface area contributed by atoms with Crippen LogP contribution >= 0.6 is 23.2 Å². The van der Waals surface area contributed by atoms with Crippen LogP contribution in [-0.2, 0) is 12.8 Å². The molecule has 0 bridgehead atoms. The molecule has 0 unspecified atom stereocenters. The Kier molecular flexibility index (Phi) is 7.60. The van der Waals surface area contributed by atoms with Crippen molar-refractivity contribution in [2.24, 2.45) is 0 Å². The van der Waals surface area contributed by atoms with E-state index < -0.39 is 5.56 Å². The highest BCUT2D eigenvalue weighted by Gasteiger charge is 2.23. The van der Waals surface area contributed by atoms with Crippen LogP contribution in [0.2, 0.25) is 10.0 Å². The number of methoxy groups -OCH3 is 2. The largest absolute Gasteiger partial charge is 0.493 e. The number of hydrogen-bond donors (Lipinski definition) is 1. The van der Waals surface area contributed by atoms with E-state index >= 15 is 0 Å². The molecule has 31 heavy (non-hydrogen) atoms. The Labute approximate surface area is 189 Å². The molecule has 6 nitrogen and oxygen atoms in total. The minimum Gasteiger partial charge on any atom is -0.493 e. The molecule has 0 aliphatic carbocycles. The van der Waals surface area contributed by atoms with Gasteiger partial charge >= 0.3 is 0 Å². The molecule has 8 heteroatoms. The van der Waals surface area contributed by atoms with Crippen molar-refractivity contribution in [3.05, 3.63) is 85.8 Å². The molecule has 3 rings (SSSR count). The molecule has 0 amide bonds. The normalized spacial score (nSPS) is 10.6. The zero-order valence-electron chi connectivity index (χ0n) is 17.0. The molecule has 0 atom stereocenters. The van der Waals surface area contributed by atoms with Crippen molar-refractivity contribution < 1.29 is 19.0 Å². The molecule has 0 saturated carbocycles.